The van der Waals surface area contributed by atoms with Crippen LogP contribution in [0.4, 0.5) is 0 Å². The molecule has 0 aliphatic rings. The van der Waals surface area contributed by atoms with Gasteiger partial charge in [0.1, 0.15) is 0 Å². The van der Waals surface area contributed by atoms with Crippen molar-refractivity contribution in [3.63, 3.8) is 0 Å². The van der Waals surface area contributed by atoms with Crippen LogP contribution in [0.15, 0.2) is 132 Å². The number of hydrazone groups is 2. The number of hydrogen-bond donors (Lipinski definition) is 4. The molecule has 0 radical (unpaired) electrons. The molecule has 10 heteroatoms. The predicted octanol–water partition coefficient (Wildman–Crippen LogP) is 6.46. The number of rotatable bonds is 9. The van der Waals surface area contributed by atoms with Crippen molar-refractivity contribution in [1.29, 1.82) is 0 Å². The molecule has 0 unspecified atom stereocenters. The van der Waals surface area contributed by atoms with E-state index in [4.69, 9.17) is 0 Å². The van der Waals surface area contributed by atoms with E-state index in [1.807, 2.05) is 60.9 Å². The van der Waals surface area contributed by atoms with Gasteiger partial charge in [-0.25, -0.2) is 10.9 Å². The third-order valence-electron chi connectivity index (χ3n) is 8.09. The Bertz CT molecular complexity index is 2150. The number of nitrogens with zero attached hydrogens (tertiary/aromatic N) is 4. The smallest absolute Gasteiger partial charge is 0.271 e. The van der Waals surface area contributed by atoms with Crippen molar-refractivity contribution in [3.8, 4) is 0 Å². The monoisotopic (exact) mass is 630 g/mol. The van der Waals surface area contributed by atoms with Crippen LogP contribution in [0.1, 0.15) is 60.3 Å². The van der Waals surface area contributed by atoms with E-state index in [2.05, 4.69) is 72.2 Å². The highest BCUT2D eigenvalue weighted by atomic mass is 16.2. The molecule has 7 rings (SSSR count). The molecular weight excluding hydrogens is 600 g/mol. The Morgan fingerprint density at radius 2 is 1.17 bits per heavy atom. The minimum Gasteiger partial charge on any atom is -0.361 e. The molecule has 0 spiro atoms. The number of benzene rings is 3. The molecular formula is C38H30N8O2. The van der Waals surface area contributed by atoms with Crippen LogP contribution < -0.4 is 10.9 Å². The van der Waals surface area contributed by atoms with Gasteiger partial charge in [-0.2, -0.15) is 10.2 Å². The first-order chi connectivity index (χ1) is 23.5. The largest absolute Gasteiger partial charge is 0.361 e. The summed E-state index contributed by atoms with van der Waals surface area (Å²) in [5.41, 5.74) is 13.4. The summed E-state index contributed by atoms with van der Waals surface area (Å²) in [4.78, 5) is 41.4. The van der Waals surface area contributed by atoms with Gasteiger partial charge in [-0.3, -0.25) is 19.6 Å². The molecule has 0 aliphatic carbocycles. The fourth-order valence-corrected chi connectivity index (χ4v) is 5.68. The van der Waals surface area contributed by atoms with Crippen molar-refractivity contribution < 1.29 is 9.59 Å². The first-order valence-corrected chi connectivity index (χ1v) is 15.3. The van der Waals surface area contributed by atoms with Gasteiger partial charge in [-0.15, -0.1) is 0 Å². The van der Waals surface area contributed by atoms with Gasteiger partial charge in [0.05, 0.1) is 23.8 Å². The molecule has 0 bridgehead atoms. The Balaban J connectivity index is 1.24. The Kier molecular flexibility index (Phi) is 8.35. The quantitative estimate of drug-likeness (QED) is 0.107. The molecule has 4 aromatic heterocycles. The van der Waals surface area contributed by atoms with E-state index in [1.165, 1.54) is 12.4 Å². The summed E-state index contributed by atoms with van der Waals surface area (Å²) in [6.07, 6.45) is 10.3. The summed E-state index contributed by atoms with van der Waals surface area (Å²) in [6, 6.07) is 30.4. The predicted molar refractivity (Wildman–Crippen MR) is 187 cm³/mol. The maximum atomic E-state index is 13.1. The number of carbonyl (C=O) groups is 2. The van der Waals surface area contributed by atoms with E-state index >= 15 is 0 Å². The lowest BCUT2D eigenvalue weighted by Crippen LogP contribution is -2.17. The van der Waals surface area contributed by atoms with Gasteiger partial charge in [-0.1, -0.05) is 42.0 Å². The number of fused-ring (bicyclic) bond motifs is 2. The molecule has 48 heavy (non-hydrogen) atoms. The molecule has 0 saturated carbocycles. The lowest BCUT2D eigenvalue weighted by atomic mass is 9.84. The van der Waals surface area contributed by atoms with Crippen LogP contribution in [0.25, 0.3) is 21.8 Å². The van der Waals surface area contributed by atoms with Gasteiger partial charge in [0.2, 0.25) is 0 Å². The van der Waals surface area contributed by atoms with Gasteiger partial charge >= 0.3 is 0 Å². The van der Waals surface area contributed by atoms with Crippen molar-refractivity contribution in [2.24, 2.45) is 10.2 Å². The molecule has 7 aromatic rings. The van der Waals surface area contributed by atoms with Gasteiger partial charge < -0.3 is 9.97 Å². The average molecular weight is 631 g/mol. The second-order valence-electron chi connectivity index (χ2n) is 11.3. The number of aromatic amines is 2. The number of hydrogen-bond acceptors (Lipinski definition) is 6. The standard InChI is InChI=1S/C38H30N8O2/c1-24-8-10-25(11-9-24)36(32-22-41-34-14-12-26(18-30(32)34)37(47)45-43-20-28-6-2-4-16-39-28)33-23-42-35-15-13-27(19-31(33)35)38(48)46-44-21-29-7-3-5-17-40-29/h2-23,36,41-42H,1H3,(H,45,47)(H,46,48)/b43-20+,44-21+. The minimum atomic E-state index is -0.337. The lowest BCUT2D eigenvalue weighted by molar-refractivity contribution is 0.0947. The minimum absolute atomic E-state index is 0.228. The summed E-state index contributed by atoms with van der Waals surface area (Å²) in [5.74, 6) is -0.901. The van der Waals surface area contributed by atoms with Gasteiger partial charge in [0.15, 0.2) is 0 Å². The highest BCUT2D eigenvalue weighted by molar-refractivity contribution is 6.01. The number of aromatic nitrogens is 4. The van der Waals surface area contributed by atoms with Crippen molar-refractivity contribution in [3.05, 3.63) is 167 Å². The van der Waals surface area contributed by atoms with E-state index < -0.39 is 0 Å². The maximum absolute atomic E-state index is 13.1. The third-order valence-corrected chi connectivity index (χ3v) is 8.09. The highest BCUT2D eigenvalue weighted by Gasteiger charge is 2.24. The van der Waals surface area contributed by atoms with Crippen LogP contribution in [0.5, 0.6) is 0 Å². The maximum Gasteiger partial charge on any atom is 0.271 e. The second-order valence-corrected chi connectivity index (χ2v) is 11.3. The van der Waals surface area contributed by atoms with Crippen LogP contribution in [0.2, 0.25) is 0 Å². The van der Waals surface area contributed by atoms with Crippen LogP contribution in [-0.4, -0.2) is 44.2 Å². The zero-order valence-corrected chi connectivity index (χ0v) is 25.9. The molecule has 2 amide bonds. The fourth-order valence-electron chi connectivity index (χ4n) is 5.68. The summed E-state index contributed by atoms with van der Waals surface area (Å²) < 4.78 is 0. The lowest BCUT2D eigenvalue weighted by Gasteiger charge is -2.18. The van der Waals surface area contributed by atoms with E-state index in [-0.39, 0.29) is 17.7 Å². The normalized spacial score (nSPS) is 11.6. The van der Waals surface area contributed by atoms with Crippen molar-refractivity contribution in [2.45, 2.75) is 12.8 Å². The number of nitrogens with one attached hydrogen (secondary N) is 4. The third kappa shape index (κ3) is 6.35. The summed E-state index contributed by atoms with van der Waals surface area (Å²) >= 11 is 0. The molecule has 0 atom stereocenters. The number of pyridine rings is 2. The zero-order valence-electron chi connectivity index (χ0n) is 25.9. The number of H-pyrrole nitrogens is 2. The van der Waals surface area contributed by atoms with Gasteiger partial charge in [0, 0.05) is 63.6 Å². The van der Waals surface area contributed by atoms with Crippen molar-refractivity contribution in [2.75, 3.05) is 0 Å². The Morgan fingerprint density at radius 1 is 0.667 bits per heavy atom. The first-order valence-electron chi connectivity index (χ1n) is 15.3. The molecule has 0 saturated heterocycles. The highest BCUT2D eigenvalue weighted by Crippen LogP contribution is 2.40. The molecule has 0 aliphatic heterocycles. The summed E-state index contributed by atoms with van der Waals surface area (Å²) in [7, 11) is 0. The summed E-state index contributed by atoms with van der Waals surface area (Å²) in [6.45, 7) is 2.05. The van der Waals surface area contributed by atoms with E-state index in [1.54, 1.807) is 36.7 Å². The number of aryl methyl sites for hydroxylation is 1. The average Bonchev–Trinajstić information content (AvgIpc) is 3.74. The second kappa shape index (κ2) is 13.4. The first kappa shape index (κ1) is 30.0. The molecule has 10 nitrogen and oxygen atoms in total. The molecule has 234 valence electrons. The number of carbonyl (C=O) groups excluding carboxylic acids is 2. The molecule has 4 N–H and O–H groups in total. The van der Waals surface area contributed by atoms with Crippen LogP contribution >= 0.6 is 0 Å². The van der Waals surface area contributed by atoms with Crippen LogP contribution in [-0.2, 0) is 0 Å². The Morgan fingerprint density at radius 3 is 1.62 bits per heavy atom. The van der Waals surface area contributed by atoms with E-state index in [9.17, 15) is 9.59 Å². The van der Waals surface area contributed by atoms with Gasteiger partial charge in [-0.05, 0) is 84.3 Å². The van der Waals surface area contributed by atoms with Crippen molar-refractivity contribution in [1.82, 2.24) is 30.8 Å². The topological polar surface area (TPSA) is 140 Å². The van der Waals surface area contributed by atoms with Gasteiger partial charge in [0.25, 0.3) is 11.8 Å². The van der Waals surface area contributed by atoms with Crippen LogP contribution in [0, 0.1) is 6.92 Å². The Hall–Kier alpha value is -6.68. The molecule has 0 fully saturated rings. The SMILES string of the molecule is Cc1ccc(C(c2c[nH]c3ccc(C(=O)N/N=C/c4ccccn4)cc23)c2c[nH]c3ccc(C(=O)N/N=C/c4ccccn4)cc23)cc1. The Labute approximate surface area is 275 Å². The van der Waals surface area contributed by atoms with E-state index in [0.717, 1.165) is 44.1 Å². The summed E-state index contributed by atoms with van der Waals surface area (Å²) in [5, 5.41) is 9.97. The molecule has 4 heterocycles. The van der Waals surface area contributed by atoms with Crippen molar-refractivity contribution >= 4 is 46.0 Å². The van der Waals surface area contributed by atoms with Crippen LogP contribution in [0.3, 0.4) is 0 Å². The number of amides is 2. The zero-order chi connectivity index (χ0) is 32.9. The molecule has 3 aromatic carbocycles. The fraction of sp³-hybridized carbons (Fsp3) is 0.0526. The van der Waals surface area contributed by atoms with E-state index in [0.29, 0.717) is 22.5 Å².